The molecule has 17 heavy (non-hydrogen) atoms. The Kier molecular flexibility index (Phi) is 2.33. The average Bonchev–Trinajstić information content (AvgIpc) is 2.82. The second-order valence-electron chi connectivity index (χ2n) is 3.49. The van der Waals surface area contributed by atoms with Crippen LogP contribution in [0.15, 0.2) is 46.0 Å². The molecule has 1 aromatic carbocycles. The van der Waals surface area contributed by atoms with Gasteiger partial charge in [-0.3, -0.25) is 0 Å². The van der Waals surface area contributed by atoms with Gasteiger partial charge in [-0.1, -0.05) is 12.1 Å². The van der Waals surface area contributed by atoms with E-state index in [0.29, 0.717) is 11.4 Å². The largest absolute Gasteiger partial charge is 0.285 e. The van der Waals surface area contributed by atoms with Crippen LogP contribution in [0.2, 0.25) is 0 Å². The Hall–Kier alpha value is -1.22. The molecule has 2 heterocycles. The summed E-state index contributed by atoms with van der Waals surface area (Å²) < 4.78 is 29.8. The van der Waals surface area contributed by atoms with E-state index in [-0.39, 0.29) is 4.90 Å². The van der Waals surface area contributed by atoms with Crippen LogP contribution in [-0.4, -0.2) is 24.0 Å². The van der Waals surface area contributed by atoms with Gasteiger partial charge < -0.3 is 0 Å². The maximum Gasteiger partial charge on any atom is 0.285 e. The molecule has 0 atom stereocenters. The van der Waals surface area contributed by atoms with Crippen molar-refractivity contribution < 1.29 is 8.42 Å². The number of hydrogen-bond acceptors (Lipinski definition) is 3. The molecule has 7 heteroatoms. The van der Waals surface area contributed by atoms with Crippen molar-refractivity contribution in [2.75, 3.05) is 0 Å². The van der Waals surface area contributed by atoms with Crippen LogP contribution >= 0.6 is 22.6 Å². The minimum Gasteiger partial charge on any atom is -0.220 e. The maximum atomic E-state index is 11.8. The highest BCUT2D eigenvalue weighted by Crippen LogP contribution is 2.26. The van der Waals surface area contributed by atoms with Crippen LogP contribution < -0.4 is 0 Å². The molecule has 1 aliphatic heterocycles. The highest BCUT2D eigenvalue weighted by Gasteiger charge is 2.29. The summed E-state index contributed by atoms with van der Waals surface area (Å²) in [5.41, 5.74) is 0.590. The van der Waals surface area contributed by atoms with Gasteiger partial charge in [0.25, 0.3) is 10.0 Å². The highest BCUT2D eigenvalue weighted by molar-refractivity contribution is 14.1. The fourth-order valence-electron chi connectivity index (χ4n) is 1.67. The fourth-order valence-corrected chi connectivity index (χ4v) is 3.25. The number of hydrogen-bond donors (Lipinski definition) is 0. The molecular formula is C10H6IN3O2S. The first-order valence-corrected chi connectivity index (χ1v) is 7.25. The van der Waals surface area contributed by atoms with E-state index >= 15 is 0 Å². The molecule has 0 fully saturated rings. The first-order valence-electron chi connectivity index (χ1n) is 4.73. The van der Waals surface area contributed by atoms with Gasteiger partial charge in [-0.05, 0) is 34.7 Å². The first kappa shape index (κ1) is 10.9. The zero-order valence-electron chi connectivity index (χ0n) is 8.41. The molecule has 0 amide bonds. The van der Waals surface area contributed by atoms with Crippen molar-refractivity contribution >= 4 is 38.4 Å². The molecule has 0 unspecified atom stereocenters. The van der Waals surface area contributed by atoms with Crippen molar-refractivity contribution in [1.29, 1.82) is 0 Å². The van der Waals surface area contributed by atoms with E-state index in [9.17, 15) is 8.42 Å². The molecule has 0 bridgehead atoms. The van der Waals surface area contributed by atoms with Crippen LogP contribution in [-0.2, 0) is 10.0 Å². The van der Waals surface area contributed by atoms with Crippen molar-refractivity contribution in [2.24, 2.45) is 4.40 Å². The molecule has 0 radical (unpaired) electrons. The third-order valence-corrected chi connectivity index (χ3v) is 4.26. The van der Waals surface area contributed by atoms with Gasteiger partial charge in [0.15, 0.2) is 5.84 Å². The summed E-state index contributed by atoms with van der Waals surface area (Å²) in [4.78, 5) is 0.237. The highest BCUT2D eigenvalue weighted by atomic mass is 127. The second kappa shape index (κ2) is 3.64. The van der Waals surface area contributed by atoms with E-state index in [2.05, 4.69) is 32.1 Å². The Labute approximate surface area is 111 Å². The lowest BCUT2D eigenvalue weighted by atomic mass is 10.2. The number of fused-ring (bicyclic) bond motifs is 1. The number of benzene rings is 1. The van der Waals surface area contributed by atoms with Crippen LogP contribution in [0.4, 0.5) is 0 Å². The molecule has 0 spiro atoms. The molecule has 0 N–H and O–H groups in total. The van der Waals surface area contributed by atoms with E-state index in [1.54, 1.807) is 36.7 Å². The normalized spacial score (nSPS) is 16.6. The Bertz CT molecular complexity index is 734. The van der Waals surface area contributed by atoms with Gasteiger partial charge in [0.05, 0.1) is 9.77 Å². The maximum absolute atomic E-state index is 11.8. The minimum atomic E-state index is -3.57. The van der Waals surface area contributed by atoms with Crippen molar-refractivity contribution in [2.45, 2.75) is 4.90 Å². The van der Waals surface area contributed by atoms with Gasteiger partial charge in [-0.2, -0.15) is 13.5 Å². The molecular weight excluding hydrogens is 353 g/mol. The number of halogens is 1. The summed E-state index contributed by atoms with van der Waals surface area (Å²) in [6, 6.07) is 6.74. The van der Waals surface area contributed by atoms with E-state index in [0.717, 1.165) is 3.57 Å². The number of sulfonamides is 1. The number of rotatable bonds is 0. The zero-order chi connectivity index (χ0) is 12.0. The molecule has 5 nitrogen and oxygen atoms in total. The lowest BCUT2D eigenvalue weighted by Gasteiger charge is -2.00. The van der Waals surface area contributed by atoms with E-state index in [1.807, 2.05) is 0 Å². The smallest absolute Gasteiger partial charge is 0.220 e. The SMILES string of the molecule is O=S1(=O)N=C(n2cc(I)cn2)c2ccccc21. The average molecular weight is 359 g/mol. The lowest BCUT2D eigenvalue weighted by molar-refractivity contribution is 0.599. The van der Waals surface area contributed by atoms with E-state index in [4.69, 9.17) is 0 Å². The summed E-state index contributed by atoms with van der Waals surface area (Å²) in [6.07, 6.45) is 3.38. The van der Waals surface area contributed by atoms with Crippen LogP contribution in [0.3, 0.4) is 0 Å². The topological polar surface area (TPSA) is 64.3 Å². The molecule has 86 valence electrons. The van der Waals surface area contributed by atoms with Crippen molar-refractivity contribution in [3.05, 3.63) is 45.8 Å². The third-order valence-electron chi connectivity index (χ3n) is 2.38. The van der Waals surface area contributed by atoms with Crippen molar-refractivity contribution in [1.82, 2.24) is 9.78 Å². The molecule has 0 aliphatic carbocycles. The van der Waals surface area contributed by atoms with Gasteiger partial charge in [0.1, 0.15) is 4.90 Å². The number of aromatic nitrogens is 2. The second-order valence-corrected chi connectivity index (χ2v) is 6.31. The first-order chi connectivity index (χ1) is 8.08. The molecule has 0 saturated heterocycles. The van der Waals surface area contributed by atoms with Gasteiger partial charge in [0, 0.05) is 11.8 Å². The van der Waals surface area contributed by atoms with Crippen molar-refractivity contribution in [3.63, 3.8) is 0 Å². The van der Waals surface area contributed by atoms with Crippen LogP contribution in [0.25, 0.3) is 0 Å². The Morgan fingerprint density at radius 1 is 1.24 bits per heavy atom. The summed E-state index contributed by atoms with van der Waals surface area (Å²) in [5, 5.41) is 4.08. The minimum absolute atomic E-state index is 0.237. The molecule has 0 saturated carbocycles. The zero-order valence-corrected chi connectivity index (χ0v) is 11.4. The Morgan fingerprint density at radius 2 is 2.00 bits per heavy atom. The number of nitrogens with zero attached hydrogens (tertiary/aromatic N) is 3. The summed E-state index contributed by atoms with van der Waals surface area (Å²) in [5.74, 6) is 0.350. The Balaban J connectivity index is 2.27. The predicted molar refractivity (Wildman–Crippen MR) is 70.5 cm³/mol. The van der Waals surface area contributed by atoms with Gasteiger partial charge >= 0.3 is 0 Å². The van der Waals surface area contributed by atoms with Crippen LogP contribution in [0.1, 0.15) is 5.56 Å². The van der Waals surface area contributed by atoms with Crippen LogP contribution in [0.5, 0.6) is 0 Å². The summed E-state index contributed by atoms with van der Waals surface area (Å²) >= 11 is 2.11. The van der Waals surface area contributed by atoms with Gasteiger partial charge in [-0.15, -0.1) is 4.40 Å². The van der Waals surface area contributed by atoms with Crippen molar-refractivity contribution in [3.8, 4) is 0 Å². The molecule has 3 rings (SSSR count). The molecule has 1 aliphatic rings. The van der Waals surface area contributed by atoms with E-state index < -0.39 is 10.0 Å². The van der Waals surface area contributed by atoms with Gasteiger partial charge in [0.2, 0.25) is 0 Å². The summed E-state index contributed by atoms with van der Waals surface area (Å²) in [6.45, 7) is 0. The fraction of sp³-hybridized carbons (Fsp3) is 0. The standard InChI is InChI=1S/C10H6IN3O2S/c11-7-5-12-14(6-7)10-8-3-1-2-4-9(8)17(15,16)13-10/h1-6H. The lowest BCUT2D eigenvalue weighted by Crippen LogP contribution is -2.11. The van der Waals surface area contributed by atoms with Crippen LogP contribution in [0, 0.1) is 3.57 Å². The summed E-state index contributed by atoms with van der Waals surface area (Å²) in [7, 11) is -3.57. The monoisotopic (exact) mass is 359 g/mol. The van der Waals surface area contributed by atoms with Gasteiger partial charge in [-0.25, -0.2) is 4.68 Å². The molecule has 2 aromatic rings. The van der Waals surface area contributed by atoms with E-state index in [1.165, 1.54) is 4.68 Å². The molecule has 1 aromatic heterocycles. The quantitative estimate of drug-likeness (QED) is 0.670. The predicted octanol–water partition coefficient (Wildman–Crippen LogP) is 1.48. The third kappa shape index (κ3) is 1.69. The Morgan fingerprint density at radius 3 is 2.71 bits per heavy atom.